The van der Waals surface area contributed by atoms with Crippen molar-refractivity contribution in [1.29, 1.82) is 0 Å². The monoisotopic (exact) mass is 292 g/mol. The zero-order valence-corrected chi connectivity index (χ0v) is 11.0. The molecule has 0 radical (unpaired) electrons. The van der Waals surface area contributed by atoms with Crippen LogP contribution in [0.2, 0.25) is 0 Å². The molecule has 0 spiro atoms. The van der Waals surface area contributed by atoms with Gasteiger partial charge in [-0.2, -0.15) is 0 Å². The van der Waals surface area contributed by atoms with E-state index >= 15 is 0 Å². The Hall–Kier alpha value is -1.15. The second-order valence-electron chi connectivity index (χ2n) is 3.99. The third-order valence-electron chi connectivity index (χ3n) is 2.87. The summed E-state index contributed by atoms with van der Waals surface area (Å²) >= 11 is 3.48. The van der Waals surface area contributed by atoms with E-state index in [1.54, 1.807) is 0 Å². The topological polar surface area (TPSA) is 0 Å². The van der Waals surface area contributed by atoms with Crippen LogP contribution >= 0.6 is 15.9 Å². The van der Waals surface area contributed by atoms with E-state index in [-0.39, 0.29) is 5.82 Å². The highest BCUT2D eigenvalue weighted by Gasteiger charge is 2.12. The normalized spacial score (nSPS) is 12.4. The van der Waals surface area contributed by atoms with Crippen LogP contribution in [-0.2, 0) is 0 Å². The molecular formula is C15H14BrF. The average Bonchev–Trinajstić information content (AvgIpc) is 2.38. The van der Waals surface area contributed by atoms with Gasteiger partial charge in [-0.3, -0.25) is 0 Å². The summed E-state index contributed by atoms with van der Waals surface area (Å²) in [6.07, 6.45) is 1.01. The molecule has 2 aromatic rings. The molecule has 1 unspecified atom stereocenters. The highest BCUT2D eigenvalue weighted by molar-refractivity contribution is 9.09. The molecule has 0 aliphatic carbocycles. The summed E-state index contributed by atoms with van der Waals surface area (Å²) in [4.78, 5) is 0. The van der Waals surface area contributed by atoms with Crippen molar-refractivity contribution in [2.45, 2.75) is 12.3 Å². The van der Waals surface area contributed by atoms with Gasteiger partial charge in [-0.25, -0.2) is 4.39 Å². The van der Waals surface area contributed by atoms with Crippen molar-refractivity contribution in [2.24, 2.45) is 0 Å². The maximum Gasteiger partial charge on any atom is 0.123 e. The van der Waals surface area contributed by atoms with Gasteiger partial charge in [0, 0.05) is 11.2 Å². The van der Waals surface area contributed by atoms with Crippen molar-refractivity contribution in [1.82, 2.24) is 0 Å². The second-order valence-corrected chi connectivity index (χ2v) is 4.79. The zero-order chi connectivity index (χ0) is 12.1. The highest BCUT2D eigenvalue weighted by atomic mass is 79.9. The van der Waals surface area contributed by atoms with Gasteiger partial charge < -0.3 is 0 Å². The molecule has 0 N–H and O–H groups in total. The van der Waals surface area contributed by atoms with Gasteiger partial charge in [0.2, 0.25) is 0 Å². The molecule has 0 aliphatic heterocycles. The van der Waals surface area contributed by atoms with E-state index in [2.05, 4.69) is 28.1 Å². The fraction of sp³-hybridized carbons (Fsp3) is 0.200. The first-order chi connectivity index (χ1) is 8.31. The molecular weight excluding hydrogens is 279 g/mol. The van der Waals surface area contributed by atoms with Gasteiger partial charge in [-0.15, -0.1) is 0 Å². The number of benzene rings is 2. The minimum absolute atomic E-state index is 0.181. The summed E-state index contributed by atoms with van der Waals surface area (Å²) in [6, 6.07) is 17.1. The molecule has 88 valence electrons. The molecule has 1 atom stereocenters. The Morgan fingerprint density at radius 1 is 0.882 bits per heavy atom. The molecule has 0 aromatic heterocycles. The molecule has 2 rings (SSSR count). The first kappa shape index (κ1) is 12.3. The molecule has 0 bridgehead atoms. The van der Waals surface area contributed by atoms with Gasteiger partial charge in [0.15, 0.2) is 0 Å². The number of alkyl halides is 1. The van der Waals surface area contributed by atoms with Crippen LogP contribution in [0, 0.1) is 5.82 Å². The number of halogens is 2. The Labute approximate surface area is 110 Å². The number of hydrogen-bond donors (Lipinski definition) is 0. The highest BCUT2D eigenvalue weighted by Crippen LogP contribution is 2.28. The molecule has 0 aliphatic rings. The lowest BCUT2D eigenvalue weighted by atomic mass is 9.89. The first-order valence-corrected chi connectivity index (χ1v) is 6.80. The van der Waals surface area contributed by atoms with Crippen LogP contribution in [0.25, 0.3) is 0 Å². The Balaban J connectivity index is 2.32. The fourth-order valence-electron chi connectivity index (χ4n) is 2.02. The van der Waals surface area contributed by atoms with Crippen LogP contribution in [0.15, 0.2) is 54.6 Å². The van der Waals surface area contributed by atoms with Crippen LogP contribution < -0.4 is 0 Å². The maximum absolute atomic E-state index is 12.9. The van der Waals surface area contributed by atoms with E-state index in [1.807, 2.05) is 30.3 Å². The number of rotatable bonds is 4. The molecule has 0 saturated carbocycles. The number of hydrogen-bond acceptors (Lipinski definition) is 0. The SMILES string of the molecule is Fc1ccc(C(CCBr)c2ccccc2)cc1. The molecule has 0 saturated heterocycles. The summed E-state index contributed by atoms with van der Waals surface area (Å²) in [7, 11) is 0. The van der Waals surface area contributed by atoms with E-state index in [0.717, 1.165) is 17.3 Å². The average molecular weight is 293 g/mol. The van der Waals surface area contributed by atoms with Gasteiger partial charge in [0.05, 0.1) is 0 Å². The fourth-order valence-corrected chi connectivity index (χ4v) is 2.47. The lowest BCUT2D eigenvalue weighted by molar-refractivity contribution is 0.626. The Kier molecular flexibility index (Phi) is 4.32. The van der Waals surface area contributed by atoms with Crippen molar-refractivity contribution in [2.75, 3.05) is 5.33 Å². The van der Waals surface area contributed by atoms with E-state index in [1.165, 1.54) is 17.7 Å². The zero-order valence-electron chi connectivity index (χ0n) is 9.44. The molecule has 2 heteroatoms. The van der Waals surface area contributed by atoms with E-state index in [9.17, 15) is 4.39 Å². The van der Waals surface area contributed by atoms with Crippen molar-refractivity contribution in [3.05, 3.63) is 71.5 Å². The van der Waals surface area contributed by atoms with Crippen molar-refractivity contribution in [3.8, 4) is 0 Å². The van der Waals surface area contributed by atoms with E-state index in [0.29, 0.717) is 5.92 Å². The lowest BCUT2D eigenvalue weighted by Gasteiger charge is -2.16. The smallest absolute Gasteiger partial charge is 0.123 e. The summed E-state index contributed by atoms with van der Waals surface area (Å²) in [5, 5.41) is 0.934. The third-order valence-corrected chi connectivity index (χ3v) is 3.33. The first-order valence-electron chi connectivity index (χ1n) is 5.67. The summed E-state index contributed by atoms with van der Waals surface area (Å²) in [5.74, 6) is 0.149. The van der Waals surface area contributed by atoms with Gasteiger partial charge >= 0.3 is 0 Å². The second kappa shape index (κ2) is 5.97. The standard InChI is InChI=1S/C15H14BrF/c16-11-10-15(12-4-2-1-3-5-12)13-6-8-14(17)9-7-13/h1-9,15H,10-11H2. The molecule has 0 amide bonds. The Morgan fingerprint density at radius 2 is 1.47 bits per heavy atom. The molecule has 2 aromatic carbocycles. The summed E-state index contributed by atoms with van der Waals surface area (Å²) in [5.41, 5.74) is 2.44. The van der Waals surface area contributed by atoms with Crippen LogP contribution in [-0.4, -0.2) is 5.33 Å². The van der Waals surface area contributed by atoms with E-state index in [4.69, 9.17) is 0 Å². The van der Waals surface area contributed by atoms with Crippen molar-refractivity contribution >= 4 is 15.9 Å². The van der Waals surface area contributed by atoms with Crippen molar-refractivity contribution < 1.29 is 4.39 Å². The summed E-state index contributed by atoms with van der Waals surface area (Å²) < 4.78 is 12.9. The van der Waals surface area contributed by atoms with E-state index < -0.39 is 0 Å². The molecule has 0 heterocycles. The van der Waals surface area contributed by atoms with Crippen LogP contribution in [0.3, 0.4) is 0 Å². The maximum atomic E-state index is 12.9. The predicted molar refractivity (Wildman–Crippen MR) is 73.1 cm³/mol. The molecule has 17 heavy (non-hydrogen) atoms. The van der Waals surface area contributed by atoms with Gasteiger partial charge in [-0.05, 0) is 29.7 Å². The Bertz CT molecular complexity index is 450. The molecule has 0 fully saturated rings. The minimum Gasteiger partial charge on any atom is -0.207 e. The van der Waals surface area contributed by atoms with Gasteiger partial charge in [0.25, 0.3) is 0 Å². The minimum atomic E-state index is -0.181. The Morgan fingerprint density at radius 3 is 2.06 bits per heavy atom. The van der Waals surface area contributed by atoms with Crippen LogP contribution in [0.4, 0.5) is 4.39 Å². The predicted octanol–water partition coefficient (Wildman–Crippen LogP) is 4.74. The quantitative estimate of drug-likeness (QED) is 0.714. The third kappa shape index (κ3) is 3.16. The lowest BCUT2D eigenvalue weighted by Crippen LogP contribution is -2.01. The largest absolute Gasteiger partial charge is 0.207 e. The molecule has 0 nitrogen and oxygen atoms in total. The van der Waals surface area contributed by atoms with Crippen LogP contribution in [0.1, 0.15) is 23.5 Å². The van der Waals surface area contributed by atoms with Gasteiger partial charge in [-0.1, -0.05) is 58.4 Å². The summed E-state index contributed by atoms with van der Waals surface area (Å²) in [6.45, 7) is 0. The van der Waals surface area contributed by atoms with Crippen LogP contribution in [0.5, 0.6) is 0 Å². The van der Waals surface area contributed by atoms with Gasteiger partial charge in [0.1, 0.15) is 5.82 Å². The van der Waals surface area contributed by atoms with Crippen molar-refractivity contribution in [3.63, 3.8) is 0 Å².